The summed E-state index contributed by atoms with van der Waals surface area (Å²) in [6.07, 6.45) is 3.90. The van der Waals surface area contributed by atoms with Crippen molar-refractivity contribution in [2.45, 2.75) is 12.8 Å². The monoisotopic (exact) mass is 397 g/mol. The van der Waals surface area contributed by atoms with Crippen LogP contribution in [0.4, 0.5) is 8.78 Å². The zero-order valence-corrected chi connectivity index (χ0v) is 16.3. The molecule has 0 saturated carbocycles. The summed E-state index contributed by atoms with van der Waals surface area (Å²) < 4.78 is 26.5. The third kappa shape index (κ3) is 4.89. The number of ketones is 1. The van der Waals surface area contributed by atoms with E-state index < -0.39 is 0 Å². The first-order valence-corrected chi connectivity index (χ1v) is 10.1. The van der Waals surface area contributed by atoms with E-state index in [2.05, 4.69) is 14.8 Å². The standard InChI is InChI=1S/C23H25F2N3O/c24-19-5-3-17(4-6-19)23(29)16-28-12-10-27(11-13-28)9-1-2-18-15-26-22-8-7-20(25)14-21(18)22/h3-8,14-15,26H,1-2,9-13,16H2. The maximum Gasteiger partial charge on any atom is 0.176 e. The van der Waals surface area contributed by atoms with Gasteiger partial charge in [0.1, 0.15) is 11.6 Å². The number of hydrogen-bond acceptors (Lipinski definition) is 3. The number of fused-ring (bicyclic) bond motifs is 1. The number of H-pyrrole nitrogens is 1. The van der Waals surface area contributed by atoms with Gasteiger partial charge in [-0.1, -0.05) is 0 Å². The average Bonchev–Trinajstić information content (AvgIpc) is 3.12. The molecule has 29 heavy (non-hydrogen) atoms. The number of nitrogens with one attached hydrogen (secondary N) is 1. The van der Waals surface area contributed by atoms with E-state index in [4.69, 9.17) is 0 Å². The highest BCUT2D eigenvalue weighted by atomic mass is 19.1. The van der Waals surface area contributed by atoms with Crippen LogP contribution in [0.3, 0.4) is 0 Å². The van der Waals surface area contributed by atoms with Crippen LogP contribution in [0.15, 0.2) is 48.7 Å². The van der Waals surface area contributed by atoms with E-state index in [1.807, 2.05) is 6.20 Å². The molecule has 1 aliphatic heterocycles. The molecule has 4 rings (SSSR count). The molecule has 3 aromatic rings. The molecule has 6 heteroatoms. The lowest BCUT2D eigenvalue weighted by atomic mass is 10.1. The zero-order valence-electron chi connectivity index (χ0n) is 16.3. The Hall–Kier alpha value is -2.57. The molecule has 1 N–H and O–H groups in total. The van der Waals surface area contributed by atoms with Gasteiger partial charge in [0.05, 0.1) is 6.54 Å². The number of aromatic nitrogens is 1. The zero-order chi connectivity index (χ0) is 20.2. The summed E-state index contributed by atoms with van der Waals surface area (Å²) in [6, 6.07) is 10.6. The van der Waals surface area contributed by atoms with Crippen LogP contribution in [0.2, 0.25) is 0 Å². The molecule has 0 radical (unpaired) electrons. The molecular weight excluding hydrogens is 372 g/mol. The summed E-state index contributed by atoms with van der Waals surface area (Å²) in [5, 5.41) is 0.967. The number of piperazine rings is 1. The molecule has 0 aliphatic carbocycles. The molecule has 0 spiro atoms. The van der Waals surface area contributed by atoms with E-state index in [1.54, 1.807) is 24.3 Å². The van der Waals surface area contributed by atoms with Crippen LogP contribution >= 0.6 is 0 Å². The molecule has 0 atom stereocenters. The number of carbonyl (C=O) groups is 1. The maximum atomic E-state index is 13.5. The summed E-state index contributed by atoms with van der Waals surface area (Å²) in [7, 11) is 0. The number of aryl methyl sites for hydroxylation is 1. The Labute approximate surface area is 169 Å². The molecule has 0 bridgehead atoms. The van der Waals surface area contributed by atoms with Gasteiger partial charge >= 0.3 is 0 Å². The van der Waals surface area contributed by atoms with Crippen molar-refractivity contribution in [2.75, 3.05) is 39.3 Å². The SMILES string of the molecule is O=C(CN1CCN(CCCc2c[nH]c3ccc(F)cc23)CC1)c1ccc(F)cc1. The smallest absolute Gasteiger partial charge is 0.176 e. The number of halogens is 2. The molecular formula is C23H25F2N3O. The molecule has 4 nitrogen and oxygen atoms in total. The minimum atomic E-state index is -0.326. The fourth-order valence-corrected chi connectivity index (χ4v) is 3.95. The molecule has 2 heterocycles. The molecule has 1 saturated heterocycles. The van der Waals surface area contributed by atoms with Crippen LogP contribution in [0.25, 0.3) is 10.9 Å². The number of Topliss-reactive ketones (excluding diaryl/α,β-unsaturated/α-hetero) is 1. The first-order chi connectivity index (χ1) is 14.1. The van der Waals surface area contributed by atoms with Gasteiger partial charge in [0.25, 0.3) is 0 Å². The van der Waals surface area contributed by atoms with E-state index in [-0.39, 0.29) is 17.4 Å². The second kappa shape index (κ2) is 8.84. The third-order valence-electron chi connectivity index (χ3n) is 5.65. The van der Waals surface area contributed by atoms with Crippen LogP contribution in [-0.2, 0) is 6.42 Å². The minimum Gasteiger partial charge on any atom is -0.361 e. The van der Waals surface area contributed by atoms with Crippen molar-refractivity contribution in [3.8, 4) is 0 Å². The van der Waals surface area contributed by atoms with Crippen molar-refractivity contribution in [3.63, 3.8) is 0 Å². The lowest BCUT2D eigenvalue weighted by Crippen LogP contribution is -2.48. The third-order valence-corrected chi connectivity index (χ3v) is 5.65. The van der Waals surface area contributed by atoms with Gasteiger partial charge < -0.3 is 9.88 Å². The molecule has 1 fully saturated rings. The average molecular weight is 397 g/mol. The van der Waals surface area contributed by atoms with Gasteiger partial charge in [-0.2, -0.15) is 0 Å². The maximum absolute atomic E-state index is 13.5. The number of aromatic amines is 1. The summed E-state index contributed by atoms with van der Waals surface area (Å²) in [6.45, 7) is 4.93. The van der Waals surface area contributed by atoms with E-state index in [1.165, 1.54) is 18.2 Å². The van der Waals surface area contributed by atoms with Crippen LogP contribution in [0.1, 0.15) is 22.3 Å². The lowest BCUT2D eigenvalue weighted by molar-refractivity contribution is 0.0851. The summed E-state index contributed by atoms with van der Waals surface area (Å²) in [5.41, 5.74) is 2.69. The first kappa shape index (κ1) is 19.7. The molecule has 152 valence electrons. The van der Waals surface area contributed by atoms with E-state index in [0.717, 1.165) is 62.0 Å². The number of benzene rings is 2. The van der Waals surface area contributed by atoms with Gasteiger partial charge in [0, 0.05) is 48.8 Å². The van der Waals surface area contributed by atoms with Gasteiger partial charge in [-0.15, -0.1) is 0 Å². The molecule has 1 aromatic heterocycles. The van der Waals surface area contributed by atoms with Gasteiger partial charge in [-0.05, 0) is 67.4 Å². The predicted octanol–water partition coefficient (Wildman–Crippen LogP) is 3.88. The summed E-state index contributed by atoms with van der Waals surface area (Å²) in [4.78, 5) is 20.1. The predicted molar refractivity (Wildman–Crippen MR) is 110 cm³/mol. The van der Waals surface area contributed by atoms with Crippen molar-refractivity contribution in [1.29, 1.82) is 0 Å². The Kier molecular flexibility index (Phi) is 6.02. The van der Waals surface area contributed by atoms with Crippen molar-refractivity contribution in [3.05, 3.63) is 71.4 Å². The highest BCUT2D eigenvalue weighted by Gasteiger charge is 2.19. The number of hydrogen-bond donors (Lipinski definition) is 1. The van der Waals surface area contributed by atoms with Crippen LogP contribution in [0, 0.1) is 11.6 Å². The Bertz CT molecular complexity index is 975. The minimum absolute atomic E-state index is 0.0324. The second-order valence-electron chi connectivity index (χ2n) is 7.66. The van der Waals surface area contributed by atoms with Gasteiger partial charge in [-0.3, -0.25) is 9.69 Å². The highest BCUT2D eigenvalue weighted by molar-refractivity contribution is 5.97. The number of nitrogens with zero attached hydrogens (tertiary/aromatic N) is 2. The Morgan fingerprint density at radius 1 is 0.931 bits per heavy atom. The van der Waals surface area contributed by atoms with Crippen LogP contribution < -0.4 is 0 Å². The summed E-state index contributed by atoms with van der Waals surface area (Å²) in [5.74, 6) is -0.498. The topological polar surface area (TPSA) is 39.3 Å². The molecule has 0 amide bonds. The summed E-state index contributed by atoms with van der Waals surface area (Å²) >= 11 is 0. The molecule has 1 aliphatic rings. The molecule has 2 aromatic carbocycles. The van der Waals surface area contributed by atoms with E-state index in [9.17, 15) is 13.6 Å². The number of rotatable bonds is 7. The Morgan fingerprint density at radius 2 is 1.62 bits per heavy atom. The van der Waals surface area contributed by atoms with E-state index >= 15 is 0 Å². The van der Waals surface area contributed by atoms with Gasteiger partial charge in [-0.25, -0.2) is 8.78 Å². The fourth-order valence-electron chi connectivity index (χ4n) is 3.95. The fraction of sp³-hybridized carbons (Fsp3) is 0.348. The second-order valence-corrected chi connectivity index (χ2v) is 7.66. The normalized spacial score (nSPS) is 15.8. The highest BCUT2D eigenvalue weighted by Crippen LogP contribution is 2.21. The van der Waals surface area contributed by atoms with Crippen LogP contribution in [0.5, 0.6) is 0 Å². The van der Waals surface area contributed by atoms with Crippen molar-refractivity contribution >= 4 is 16.7 Å². The van der Waals surface area contributed by atoms with Crippen LogP contribution in [-0.4, -0.2) is 59.8 Å². The lowest BCUT2D eigenvalue weighted by Gasteiger charge is -2.34. The number of carbonyl (C=O) groups excluding carboxylic acids is 1. The van der Waals surface area contributed by atoms with Crippen molar-refractivity contribution in [2.24, 2.45) is 0 Å². The molecule has 0 unspecified atom stereocenters. The largest absolute Gasteiger partial charge is 0.361 e. The van der Waals surface area contributed by atoms with Crippen molar-refractivity contribution in [1.82, 2.24) is 14.8 Å². The Morgan fingerprint density at radius 3 is 2.38 bits per heavy atom. The van der Waals surface area contributed by atoms with Gasteiger partial charge in [0.15, 0.2) is 5.78 Å². The van der Waals surface area contributed by atoms with Gasteiger partial charge in [0.2, 0.25) is 0 Å². The Balaban J connectivity index is 1.21. The quantitative estimate of drug-likeness (QED) is 0.615. The van der Waals surface area contributed by atoms with E-state index in [0.29, 0.717) is 12.1 Å². The first-order valence-electron chi connectivity index (χ1n) is 10.1. The van der Waals surface area contributed by atoms with Crippen molar-refractivity contribution < 1.29 is 13.6 Å².